The quantitative estimate of drug-likeness (QED) is 0.262. The van der Waals surface area contributed by atoms with Gasteiger partial charge in [0.05, 0.1) is 29.4 Å². The molecule has 2 aromatic carbocycles. The Morgan fingerprint density at radius 3 is 2.59 bits per heavy atom. The number of nitro benzene ring substituents is 1. The van der Waals surface area contributed by atoms with Gasteiger partial charge in [-0.05, 0) is 24.3 Å². The Bertz CT molecular complexity index is 1440. The molecule has 1 N–H and O–H groups in total. The lowest BCUT2D eigenvalue weighted by atomic mass is 10.1. The third-order valence-electron chi connectivity index (χ3n) is 5.58. The number of ether oxygens (including phenoxy) is 3. The number of hydrogen-bond acceptors (Lipinski definition) is 8. The Morgan fingerprint density at radius 1 is 1.19 bits per heavy atom. The zero-order valence-corrected chi connectivity index (χ0v) is 19.5. The molecule has 1 saturated heterocycles. The van der Waals surface area contributed by atoms with Crippen molar-refractivity contribution in [2.75, 3.05) is 6.61 Å². The number of halogens is 3. The molecule has 0 aliphatic carbocycles. The van der Waals surface area contributed by atoms with E-state index in [9.17, 15) is 33.3 Å². The first-order valence-corrected chi connectivity index (χ1v) is 11.1. The van der Waals surface area contributed by atoms with E-state index in [1.807, 2.05) is 4.98 Å². The molecular formula is C23H18ClF2N3O8. The molecule has 2 heterocycles. The third kappa shape index (κ3) is 6.07. The van der Waals surface area contributed by atoms with Crippen molar-refractivity contribution in [3.63, 3.8) is 0 Å². The third-order valence-corrected chi connectivity index (χ3v) is 5.81. The van der Waals surface area contributed by atoms with Gasteiger partial charge < -0.3 is 14.2 Å². The average molecular weight is 538 g/mol. The molecule has 1 aliphatic heterocycles. The molecule has 1 aliphatic rings. The van der Waals surface area contributed by atoms with Crippen LogP contribution in [-0.4, -0.2) is 39.3 Å². The molecule has 4 rings (SSSR count). The summed E-state index contributed by atoms with van der Waals surface area (Å²) >= 11 is 5.77. The number of carbonyl (C=O) groups excluding carboxylic acids is 1. The van der Waals surface area contributed by atoms with E-state index < -0.39 is 52.2 Å². The normalized spacial score (nSPS) is 19.1. The van der Waals surface area contributed by atoms with Crippen LogP contribution in [-0.2, 0) is 20.8 Å². The van der Waals surface area contributed by atoms with Gasteiger partial charge >= 0.3 is 11.7 Å². The second-order valence-electron chi connectivity index (χ2n) is 8.00. The molecule has 0 bridgehead atoms. The van der Waals surface area contributed by atoms with Crippen molar-refractivity contribution in [1.29, 1.82) is 0 Å². The van der Waals surface area contributed by atoms with Crippen LogP contribution in [0.5, 0.6) is 0 Å². The fraction of sp³-hybridized carbons (Fsp3) is 0.261. The maximum absolute atomic E-state index is 14.2. The molecule has 0 spiro atoms. The van der Waals surface area contributed by atoms with Crippen LogP contribution in [0.25, 0.3) is 0 Å². The van der Waals surface area contributed by atoms with Crippen molar-refractivity contribution in [3.05, 3.63) is 107 Å². The molecule has 0 saturated carbocycles. The molecule has 3 atom stereocenters. The average Bonchev–Trinajstić information content (AvgIpc) is 3.27. The van der Waals surface area contributed by atoms with Gasteiger partial charge in [-0.1, -0.05) is 17.7 Å². The molecule has 0 unspecified atom stereocenters. The summed E-state index contributed by atoms with van der Waals surface area (Å²) in [4.78, 5) is 48.0. The summed E-state index contributed by atoms with van der Waals surface area (Å²) < 4.78 is 45.7. The first-order valence-electron chi connectivity index (χ1n) is 10.8. The second-order valence-corrected chi connectivity index (χ2v) is 8.43. The van der Waals surface area contributed by atoms with Gasteiger partial charge in [-0.3, -0.25) is 24.5 Å². The first-order chi connectivity index (χ1) is 17.6. The van der Waals surface area contributed by atoms with Gasteiger partial charge in [0.2, 0.25) is 5.82 Å². The highest BCUT2D eigenvalue weighted by molar-refractivity contribution is 6.30. The molecule has 37 heavy (non-hydrogen) atoms. The van der Waals surface area contributed by atoms with Gasteiger partial charge in [0.1, 0.15) is 24.8 Å². The number of hydrogen-bond donors (Lipinski definition) is 1. The SMILES string of the molecule is O=C(OC[C@H]1O[C@@H](n2cc(F)c(=O)[nH]c2=O)C[C@@H]1OCc1ccc(Cl)cc1F)c1ccc([N+](=O)[O-])cc1. The van der Waals surface area contributed by atoms with Gasteiger partial charge in [-0.25, -0.2) is 14.0 Å². The summed E-state index contributed by atoms with van der Waals surface area (Å²) in [5, 5.41) is 11.0. The lowest BCUT2D eigenvalue weighted by molar-refractivity contribution is -0.384. The van der Waals surface area contributed by atoms with Crippen molar-refractivity contribution in [1.82, 2.24) is 9.55 Å². The highest BCUT2D eigenvalue weighted by atomic mass is 35.5. The van der Waals surface area contributed by atoms with Crippen molar-refractivity contribution >= 4 is 23.3 Å². The summed E-state index contributed by atoms with van der Waals surface area (Å²) in [7, 11) is 0. The summed E-state index contributed by atoms with van der Waals surface area (Å²) in [5.41, 5.74) is -2.11. The summed E-state index contributed by atoms with van der Waals surface area (Å²) in [6.45, 7) is -0.591. The first kappa shape index (κ1) is 26.1. The van der Waals surface area contributed by atoms with E-state index in [0.717, 1.165) is 22.8 Å². The van der Waals surface area contributed by atoms with Crippen LogP contribution < -0.4 is 11.2 Å². The molecule has 194 valence electrons. The van der Waals surface area contributed by atoms with Gasteiger partial charge in [0, 0.05) is 29.1 Å². The molecular weight excluding hydrogens is 520 g/mol. The van der Waals surface area contributed by atoms with Crippen LogP contribution in [0.15, 0.2) is 58.3 Å². The molecule has 0 amide bonds. The van der Waals surface area contributed by atoms with Crippen LogP contribution in [0.2, 0.25) is 5.02 Å². The molecule has 1 aromatic heterocycles. The van der Waals surface area contributed by atoms with E-state index >= 15 is 0 Å². The van der Waals surface area contributed by atoms with Crippen molar-refractivity contribution in [2.45, 2.75) is 31.5 Å². The maximum Gasteiger partial charge on any atom is 0.338 e. The minimum atomic E-state index is -1.21. The zero-order valence-electron chi connectivity index (χ0n) is 18.8. The van der Waals surface area contributed by atoms with Gasteiger partial charge in [0.25, 0.3) is 11.2 Å². The topological polar surface area (TPSA) is 143 Å². The van der Waals surface area contributed by atoms with E-state index in [1.165, 1.54) is 24.3 Å². The predicted octanol–water partition coefficient (Wildman–Crippen LogP) is 3.11. The van der Waals surface area contributed by atoms with E-state index in [1.54, 1.807) is 0 Å². The number of non-ortho nitro benzene ring substituents is 1. The number of rotatable bonds is 8. The number of esters is 1. The monoisotopic (exact) mass is 537 g/mol. The largest absolute Gasteiger partial charge is 0.459 e. The number of carbonyl (C=O) groups is 1. The summed E-state index contributed by atoms with van der Waals surface area (Å²) in [6.07, 6.45) is -2.24. The van der Waals surface area contributed by atoms with Crippen molar-refractivity contribution in [2.24, 2.45) is 0 Å². The Kier molecular flexibility index (Phi) is 7.76. The number of H-pyrrole nitrogens is 1. The molecule has 1 fully saturated rings. The van der Waals surface area contributed by atoms with Gasteiger partial charge in [0.15, 0.2) is 0 Å². The van der Waals surface area contributed by atoms with E-state index in [-0.39, 0.29) is 41.5 Å². The van der Waals surface area contributed by atoms with Crippen LogP contribution in [0.4, 0.5) is 14.5 Å². The fourth-order valence-corrected chi connectivity index (χ4v) is 3.83. The summed E-state index contributed by atoms with van der Waals surface area (Å²) in [5.74, 6) is -2.63. The smallest absolute Gasteiger partial charge is 0.338 e. The minimum absolute atomic E-state index is 0.0274. The number of aromatic amines is 1. The van der Waals surface area contributed by atoms with Crippen molar-refractivity contribution in [3.8, 4) is 0 Å². The lowest BCUT2D eigenvalue weighted by Crippen LogP contribution is -2.34. The van der Waals surface area contributed by atoms with Crippen LogP contribution in [0, 0.1) is 21.7 Å². The highest BCUT2D eigenvalue weighted by Crippen LogP contribution is 2.31. The van der Waals surface area contributed by atoms with Crippen LogP contribution >= 0.6 is 11.6 Å². The molecule has 11 nitrogen and oxygen atoms in total. The van der Waals surface area contributed by atoms with Crippen molar-refractivity contribution < 1.29 is 32.7 Å². The van der Waals surface area contributed by atoms with E-state index in [2.05, 4.69) is 0 Å². The number of nitrogens with zero attached hydrogens (tertiary/aromatic N) is 2. The van der Waals surface area contributed by atoms with E-state index in [4.69, 9.17) is 25.8 Å². The predicted molar refractivity (Wildman–Crippen MR) is 123 cm³/mol. The Labute approximate surface area is 211 Å². The van der Waals surface area contributed by atoms with Gasteiger partial charge in [-0.15, -0.1) is 0 Å². The Balaban J connectivity index is 1.50. The molecule has 14 heteroatoms. The highest BCUT2D eigenvalue weighted by Gasteiger charge is 2.39. The Hall–Kier alpha value is -3.94. The fourth-order valence-electron chi connectivity index (χ4n) is 3.67. The van der Waals surface area contributed by atoms with Crippen LogP contribution in [0.3, 0.4) is 0 Å². The Morgan fingerprint density at radius 2 is 1.92 bits per heavy atom. The standard InChI is InChI=1S/C23H18ClF2N3O8/c24-14-4-1-13(16(25)7-14)10-35-18-8-20(28-9-17(26)21(30)27-23(28)32)37-19(18)11-36-22(31)12-2-5-15(6-3-12)29(33)34/h1-7,9,18-20H,8,10-11H2,(H,27,30,32)/t18-,19+,20+/m0/s1. The lowest BCUT2D eigenvalue weighted by Gasteiger charge is -2.19. The number of nitro groups is 1. The minimum Gasteiger partial charge on any atom is -0.459 e. The second kappa shape index (κ2) is 11.0. The van der Waals surface area contributed by atoms with E-state index in [0.29, 0.717) is 6.20 Å². The molecule has 3 aromatic rings. The zero-order chi connectivity index (χ0) is 26.7. The van der Waals surface area contributed by atoms with Gasteiger partial charge in [-0.2, -0.15) is 4.39 Å². The summed E-state index contributed by atoms with van der Waals surface area (Å²) in [6, 6.07) is 8.74. The maximum atomic E-state index is 14.2. The van der Waals surface area contributed by atoms with Crippen LogP contribution in [0.1, 0.15) is 28.6 Å². The molecule has 0 radical (unpaired) electrons. The number of aromatic nitrogens is 2. The number of nitrogens with one attached hydrogen (secondary N) is 1. The number of benzene rings is 2.